The Morgan fingerprint density at radius 2 is 2.18 bits per heavy atom. The number of piperidine rings is 1. The van der Waals surface area contributed by atoms with Gasteiger partial charge in [0.1, 0.15) is 0 Å². The molecule has 1 aliphatic rings. The Bertz CT molecular complexity index is 112. The van der Waals surface area contributed by atoms with Crippen LogP contribution >= 0.6 is 0 Å². The summed E-state index contributed by atoms with van der Waals surface area (Å²) in [6.45, 7) is 7.79. The van der Waals surface area contributed by atoms with Gasteiger partial charge in [0.05, 0.1) is 0 Å². The summed E-state index contributed by atoms with van der Waals surface area (Å²) in [5, 5.41) is 0. The molecule has 2 unspecified atom stereocenters. The second kappa shape index (κ2) is 4.07. The average molecular weight is 156 g/mol. The Balaban J connectivity index is 2.38. The molecule has 2 atom stereocenters. The highest BCUT2D eigenvalue weighted by Crippen LogP contribution is 2.21. The van der Waals surface area contributed by atoms with E-state index in [1.807, 2.05) is 0 Å². The first-order valence-electron chi connectivity index (χ1n) is 4.70. The Morgan fingerprint density at radius 1 is 1.45 bits per heavy atom. The van der Waals surface area contributed by atoms with Gasteiger partial charge in [-0.15, -0.1) is 0 Å². The first-order valence-corrected chi connectivity index (χ1v) is 4.70. The number of rotatable bonds is 2. The van der Waals surface area contributed by atoms with Gasteiger partial charge >= 0.3 is 0 Å². The van der Waals surface area contributed by atoms with Crippen LogP contribution in [0, 0.1) is 5.92 Å². The normalized spacial score (nSPS) is 34.1. The molecule has 0 radical (unpaired) electrons. The highest BCUT2D eigenvalue weighted by Gasteiger charge is 2.23. The maximum atomic E-state index is 5.53. The summed E-state index contributed by atoms with van der Waals surface area (Å²) in [5.41, 5.74) is 5.53. The molecule has 0 aromatic heterocycles. The van der Waals surface area contributed by atoms with Gasteiger partial charge in [-0.3, -0.25) is 4.90 Å². The summed E-state index contributed by atoms with van der Waals surface area (Å²) in [7, 11) is 0. The molecule has 0 aromatic rings. The van der Waals surface area contributed by atoms with E-state index in [9.17, 15) is 0 Å². The Kier molecular flexibility index (Phi) is 3.34. The molecule has 1 aliphatic heterocycles. The van der Waals surface area contributed by atoms with Crippen molar-refractivity contribution >= 4 is 0 Å². The van der Waals surface area contributed by atoms with E-state index in [-0.39, 0.29) is 0 Å². The van der Waals surface area contributed by atoms with Gasteiger partial charge in [0, 0.05) is 19.1 Å². The molecule has 1 saturated heterocycles. The summed E-state index contributed by atoms with van der Waals surface area (Å²) >= 11 is 0. The summed E-state index contributed by atoms with van der Waals surface area (Å²) in [4.78, 5) is 2.51. The van der Waals surface area contributed by atoms with E-state index in [2.05, 4.69) is 18.7 Å². The Morgan fingerprint density at radius 3 is 2.82 bits per heavy atom. The predicted octanol–water partition coefficient (Wildman–Crippen LogP) is 1.07. The van der Waals surface area contributed by atoms with Crippen molar-refractivity contribution in [2.45, 2.75) is 32.7 Å². The van der Waals surface area contributed by atoms with Crippen molar-refractivity contribution in [3.05, 3.63) is 0 Å². The topological polar surface area (TPSA) is 29.3 Å². The zero-order valence-corrected chi connectivity index (χ0v) is 7.71. The molecule has 1 heterocycles. The molecule has 1 fully saturated rings. The molecular formula is C9H20N2. The van der Waals surface area contributed by atoms with E-state index in [4.69, 9.17) is 5.73 Å². The summed E-state index contributed by atoms with van der Waals surface area (Å²) in [5.74, 6) is 0.857. The molecule has 2 heteroatoms. The molecule has 1 rings (SSSR count). The fourth-order valence-electron chi connectivity index (χ4n) is 1.90. The van der Waals surface area contributed by atoms with E-state index < -0.39 is 0 Å². The first-order chi connectivity index (χ1) is 5.25. The van der Waals surface area contributed by atoms with Crippen LogP contribution in [-0.4, -0.2) is 30.6 Å². The van der Waals surface area contributed by atoms with Crippen molar-refractivity contribution in [3.8, 4) is 0 Å². The summed E-state index contributed by atoms with van der Waals surface area (Å²) in [6.07, 6.45) is 2.74. The molecule has 0 spiro atoms. The fraction of sp³-hybridized carbons (Fsp3) is 1.00. The van der Waals surface area contributed by atoms with Gasteiger partial charge in [-0.25, -0.2) is 0 Å². The van der Waals surface area contributed by atoms with Crippen LogP contribution in [0.15, 0.2) is 0 Å². The Hall–Kier alpha value is -0.0800. The predicted molar refractivity (Wildman–Crippen MR) is 48.5 cm³/mol. The lowest BCUT2D eigenvalue weighted by atomic mass is 9.92. The van der Waals surface area contributed by atoms with E-state index in [0.29, 0.717) is 0 Å². The molecule has 0 aliphatic carbocycles. The second-order valence-corrected chi connectivity index (χ2v) is 3.68. The first kappa shape index (κ1) is 9.01. The zero-order valence-electron chi connectivity index (χ0n) is 7.71. The molecule has 66 valence electrons. The van der Waals surface area contributed by atoms with Crippen molar-refractivity contribution < 1.29 is 0 Å². The number of hydrogen-bond donors (Lipinski definition) is 1. The van der Waals surface area contributed by atoms with Crippen LogP contribution in [0.25, 0.3) is 0 Å². The van der Waals surface area contributed by atoms with Crippen molar-refractivity contribution in [2.75, 3.05) is 19.6 Å². The SMILES string of the molecule is CC1CCCN(CCN)C1C. The minimum Gasteiger partial charge on any atom is -0.329 e. The van der Waals surface area contributed by atoms with Gasteiger partial charge < -0.3 is 5.73 Å². The standard InChI is InChI=1S/C9H20N2/c1-8-4-3-6-11(7-5-10)9(8)2/h8-9H,3-7,10H2,1-2H3. The second-order valence-electron chi connectivity index (χ2n) is 3.68. The van der Waals surface area contributed by atoms with Crippen LogP contribution in [0.3, 0.4) is 0 Å². The zero-order chi connectivity index (χ0) is 8.27. The van der Waals surface area contributed by atoms with E-state index in [0.717, 1.165) is 25.0 Å². The molecule has 0 aromatic carbocycles. The van der Waals surface area contributed by atoms with Crippen LogP contribution in [0.1, 0.15) is 26.7 Å². The van der Waals surface area contributed by atoms with Gasteiger partial charge in [0.25, 0.3) is 0 Å². The highest BCUT2D eigenvalue weighted by molar-refractivity contribution is 4.78. The lowest BCUT2D eigenvalue weighted by molar-refractivity contribution is 0.117. The van der Waals surface area contributed by atoms with Crippen molar-refractivity contribution in [1.29, 1.82) is 0 Å². The molecule has 11 heavy (non-hydrogen) atoms. The van der Waals surface area contributed by atoms with Crippen LogP contribution in [-0.2, 0) is 0 Å². The van der Waals surface area contributed by atoms with Gasteiger partial charge in [0.2, 0.25) is 0 Å². The monoisotopic (exact) mass is 156 g/mol. The van der Waals surface area contributed by atoms with E-state index in [1.165, 1.54) is 19.4 Å². The molecule has 0 amide bonds. The molecular weight excluding hydrogens is 136 g/mol. The quantitative estimate of drug-likeness (QED) is 0.648. The summed E-state index contributed by atoms with van der Waals surface area (Å²) in [6, 6.07) is 0.743. The lowest BCUT2D eigenvalue weighted by Gasteiger charge is -2.37. The van der Waals surface area contributed by atoms with Crippen LogP contribution in [0.2, 0.25) is 0 Å². The third-order valence-electron chi connectivity index (χ3n) is 2.92. The lowest BCUT2D eigenvalue weighted by Crippen LogP contribution is -2.44. The third-order valence-corrected chi connectivity index (χ3v) is 2.92. The molecule has 0 saturated carbocycles. The molecule has 2 N–H and O–H groups in total. The number of hydrogen-bond acceptors (Lipinski definition) is 2. The number of likely N-dealkylation sites (tertiary alicyclic amines) is 1. The van der Waals surface area contributed by atoms with Gasteiger partial charge in [-0.1, -0.05) is 6.92 Å². The minimum absolute atomic E-state index is 0.743. The summed E-state index contributed by atoms with van der Waals surface area (Å²) < 4.78 is 0. The average Bonchev–Trinajstić information content (AvgIpc) is 1.99. The minimum atomic E-state index is 0.743. The van der Waals surface area contributed by atoms with Crippen molar-refractivity contribution in [3.63, 3.8) is 0 Å². The van der Waals surface area contributed by atoms with Crippen molar-refractivity contribution in [1.82, 2.24) is 4.90 Å². The maximum absolute atomic E-state index is 5.53. The van der Waals surface area contributed by atoms with Gasteiger partial charge in [-0.2, -0.15) is 0 Å². The smallest absolute Gasteiger partial charge is 0.0108 e. The fourth-order valence-corrected chi connectivity index (χ4v) is 1.90. The maximum Gasteiger partial charge on any atom is 0.0108 e. The van der Waals surface area contributed by atoms with Gasteiger partial charge in [0.15, 0.2) is 0 Å². The number of nitrogens with zero attached hydrogens (tertiary/aromatic N) is 1. The third kappa shape index (κ3) is 2.17. The van der Waals surface area contributed by atoms with E-state index in [1.54, 1.807) is 0 Å². The van der Waals surface area contributed by atoms with E-state index >= 15 is 0 Å². The molecule has 2 nitrogen and oxygen atoms in total. The Labute approximate surface area is 69.8 Å². The number of nitrogens with two attached hydrogens (primary N) is 1. The van der Waals surface area contributed by atoms with Crippen LogP contribution < -0.4 is 5.73 Å². The van der Waals surface area contributed by atoms with Crippen LogP contribution in [0.4, 0.5) is 0 Å². The van der Waals surface area contributed by atoms with Crippen molar-refractivity contribution in [2.24, 2.45) is 11.7 Å². The van der Waals surface area contributed by atoms with Crippen LogP contribution in [0.5, 0.6) is 0 Å². The molecule has 0 bridgehead atoms. The largest absolute Gasteiger partial charge is 0.329 e. The highest BCUT2D eigenvalue weighted by atomic mass is 15.2. The van der Waals surface area contributed by atoms with Gasteiger partial charge in [-0.05, 0) is 32.2 Å².